The first kappa shape index (κ1) is 11.1. The number of amides is 2. The topological polar surface area (TPSA) is 85.1 Å². The molecule has 2 rings (SSSR count). The second-order valence-corrected chi connectivity index (χ2v) is 4.71. The van der Waals surface area contributed by atoms with Crippen molar-refractivity contribution in [3.63, 3.8) is 0 Å². The van der Waals surface area contributed by atoms with Crippen LogP contribution in [0.2, 0.25) is 0 Å². The Bertz CT molecular complexity index is 457. The predicted octanol–water partition coefficient (Wildman–Crippen LogP) is 0.592. The number of hydrogen-bond acceptors (Lipinski definition) is 3. The lowest BCUT2D eigenvalue weighted by atomic mass is 10.2. The van der Waals surface area contributed by atoms with Gasteiger partial charge in [-0.25, -0.2) is 0 Å². The molecule has 0 spiro atoms. The second-order valence-electron chi connectivity index (χ2n) is 3.79. The molecule has 1 aliphatic carbocycles. The van der Waals surface area contributed by atoms with Crippen molar-refractivity contribution in [2.24, 2.45) is 5.73 Å². The zero-order chi connectivity index (χ0) is 11.8. The first-order valence-corrected chi connectivity index (χ1v) is 5.56. The lowest BCUT2D eigenvalue weighted by Gasteiger charge is -2.13. The number of pyridine rings is 1. The Morgan fingerprint density at radius 2 is 2.12 bits per heavy atom. The summed E-state index contributed by atoms with van der Waals surface area (Å²) in [6.45, 7) is 0. The number of primary amides is 1. The summed E-state index contributed by atoms with van der Waals surface area (Å²) >= 11 is 3.22. The van der Waals surface area contributed by atoms with Crippen LogP contribution in [0.1, 0.15) is 23.2 Å². The SMILES string of the molecule is NC(=O)C1(NC(=O)c2cncc(Br)c2)CC1. The third-order valence-corrected chi connectivity index (χ3v) is 2.98. The highest BCUT2D eigenvalue weighted by Crippen LogP contribution is 2.35. The smallest absolute Gasteiger partial charge is 0.253 e. The maximum absolute atomic E-state index is 11.8. The van der Waals surface area contributed by atoms with Crippen molar-refractivity contribution in [3.8, 4) is 0 Å². The Morgan fingerprint density at radius 3 is 2.62 bits per heavy atom. The van der Waals surface area contributed by atoms with Crippen molar-refractivity contribution in [1.29, 1.82) is 0 Å². The van der Waals surface area contributed by atoms with Gasteiger partial charge in [0.05, 0.1) is 5.56 Å². The predicted molar refractivity (Wildman–Crippen MR) is 60.6 cm³/mol. The van der Waals surface area contributed by atoms with E-state index in [1.165, 1.54) is 6.20 Å². The van der Waals surface area contributed by atoms with Crippen LogP contribution in [0.5, 0.6) is 0 Å². The van der Waals surface area contributed by atoms with Gasteiger partial charge in [-0.2, -0.15) is 0 Å². The molecule has 3 N–H and O–H groups in total. The second kappa shape index (κ2) is 3.86. The van der Waals surface area contributed by atoms with Crippen molar-refractivity contribution in [2.75, 3.05) is 0 Å². The number of rotatable bonds is 3. The molecule has 1 heterocycles. The Morgan fingerprint density at radius 1 is 1.44 bits per heavy atom. The fourth-order valence-corrected chi connectivity index (χ4v) is 1.75. The normalized spacial score (nSPS) is 16.6. The van der Waals surface area contributed by atoms with Crippen molar-refractivity contribution < 1.29 is 9.59 Å². The molecular formula is C10H10BrN3O2. The van der Waals surface area contributed by atoms with E-state index in [0.29, 0.717) is 22.9 Å². The molecule has 0 unspecified atom stereocenters. The Labute approximate surface area is 101 Å². The van der Waals surface area contributed by atoms with Crippen LogP contribution >= 0.6 is 15.9 Å². The number of halogens is 1. The first-order valence-electron chi connectivity index (χ1n) is 4.76. The van der Waals surface area contributed by atoms with Crippen LogP contribution < -0.4 is 11.1 Å². The summed E-state index contributed by atoms with van der Waals surface area (Å²) in [7, 11) is 0. The standard InChI is InChI=1S/C10H10BrN3O2/c11-7-3-6(4-13-5-7)8(15)14-10(1-2-10)9(12)16/h3-5H,1-2H2,(H2,12,16)(H,14,15). The molecule has 0 aromatic carbocycles. The summed E-state index contributed by atoms with van der Waals surface area (Å²) in [5, 5.41) is 2.64. The van der Waals surface area contributed by atoms with E-state index in [-0.39, 0.29) is 5.91 Å². The van der Waals surface area contributed by atoms with E-state index >= 15 is 0 Å². The Balaban J connectivity index is 2.12. The molecule has 0 atom stereocenters. The molecule has 2 amide bonds. The van der Waals surface area contributed by atoms with Crippen LogP contribution in [0.3, 0.4) is 0 Å². The number of nitrogens with zero attached hydrogens (tertiary/aromatic N) is 1. The largest absolute Gasteiger partial charge is 0.368 e. The number of hydrogen-bond donors (Lipinski definition) is 2. The highest BCUT2D eigenvalue weighted by Gasteiger charge is 2.49. The molecular weight excluding hydrogens is 274 g/mol. The Kier molecular flexibility index (Phi) is 2.67. The lowest BCUT2D eigenvalue weighted by Crippen LogP contribution is -2.46. The third kappa shape index (κ3) is 2.06. The average molecular weight is 284 g/mol. The molecule has 1 aliphatic rings. The van der Waals surface area contributed by atoms with Gasteiger partial charge in [0, 0.05) is 16.9 Å². The van der Waals surface area contributed by atoms with Crippen molar-refractivity contribution in [1.82, 2.24) is 10.3 Å². The molecule has 0 bridgehead atoms. The van der Waals surface area contributed by atoms with E-state index in [2.05, 4.69) is 26.2 Å². The monoisotopic (exact) mass is 283 g/mol. The molecule has 84 valence electrons. The number of nitrogens with one attached hydrogen (secondary N) is 1. The summed E-state index contributed by atoms with van der Waals surface area (Å²) in [5.74, 6) is -0.811. The van der Waals surface area contributed by atoms with Gasteiger partial charge in [-0.15, -0.1) is 0 Å². The fourth-order valence-electron chi connectivity index (χ4n) is 1.38. The molecule has 1 aromatic rings. The Hall–Kier alpha value is -1.43. The molecule has 0 saturated heterocycles. The van der Waals surface area contributed by atoms with Crippen LogP contribution in [-0.2, 0) is 4.79 Å². The van der Waals surface area contributed by atoms with Crippen molar-refractivity contribution in [3.05, 3.63) is 28.5 Å². The average Bonchev–Trinajstić information content (AvgIpc) is 2.99. The zero-order valence-corrected chi connectivity index (χ0v) is 9.95. The van der Waals surface area contributed by atoms with E-state index in [0.717, 1.165) is 0 Å². The lowest BCUT2D eigenvalue weighted by molar-refractivity contribution is -0.120. The molecule has 16 heavy (non-hydrogen) atoms. The van der Waals surface area contributed by atoms with Crippen molar-refractivity contribution >= 4 is 27.7 Å². The van der Waals surface area contributed by atoms with E-state index in [1.807, 2.05) is 0 Å². The minimum Gasteiger partial charge on any atom is -0.368 e. The summed E-state index contributed by atoms with van der Waals surface area (Å²) in [5.41, 5.74) is 4.78. The molecule has 1 saturated carbocycles. The van der Waals surface area contributed by atoms with E-state index in [4.69, 9.17) is 5.73 Å². The summed E-state index contributed by atoms with van der Waals surface area (Å²) in [6.07, 6.45) is 4.24. The summed E-state index contributed by atoms with van der Waals surface area (Å²) in [6, 6.07) is 1.64. The minimum absolute atomic E-state index is 0.329. The van der Waals surface area contributed by atoms with Gasteiger partial charge in [-0.3, -0.25) is 14.6 Å². The van der Waals surface area contributed by atoms with Gasteiger partial charge in [0.15, 0.2) is 0 Å². The van der Waals surface area contributed by atoms with Crippen LogP contribution in [0, 0.1) is 0 Å². The van der Waals surface area contributed by atoms with Gasteiger partial charge in [0.1, 0.15) is 5.54 Å². The van der Waals surface area contributed by atoms with E-state index in [9.17, 15) is 9.59 Å². The molecule has 6 heteroatoms. The number of aromatic nitrogens is 1. The van der Waals surface area contributed by atoms with Crippen molar-refractivity contribution in [2.45, 2.75) is 18.4 Å². The number of carbonyl (C=O) groups is 2. The summed E-state index contributed by atoms with van der Waals surface area (Å²) < 4.78 is 0.712. The van der Waals surface area contributed by atoms with Gasteiger partial charge < -0.3 is 11.1 Å². The van der Waals surface area contributed by atoms with Gasteiger partial charge in [-0.1, -0.05) is 0 Å². The zero-order valence-electron chi connectivity index (χ0n) is 8.37. The number of carbonyl (C=O) groups excluding carboxylic acids is 2. The van der Waals surface area contributed by atoms with Crippen LogP contribution in [-0.4, -0.2) is 22.3 Å². The molecule has 5 nitrogen and oxygen atoms in total. The quantitative estimate of drug-likeness (QED) is 0.852. The van der Waals surface area contributed by atoms with Crippen LogP contribution in [0.4, 0.5) is 0 Å². The molecule has 1 fully saturated rings. The maximum Gasteiger partial charge on any atom is 0.253 e. The first-order chi connectivity index (χ1) is 7.53. The minimum atomic E-state index is -0.834. The number of nitrogens with two attached hydrogens (primary N) is 1. The van der Waals surface area contributed by atoms with Gasteiger partial charge in [0.2, 0.25) is 5.91 Å². The van der Waals surface area contributed by atoms with Gasteiger partial charge in [-0.05, 0) is 34.8 Å². The third-order valence-electron chi connectivity index (χ3n) is 2.54. The summed E-state index contributed by atoms with van der Waals surface area (Å²) in [4.78, 5) is 26.8. The molecule has 0 aliphatic heterocycles. The highest BCUT2D eigenvalue weighted by molar-refractivity contribution is 9.10. The molecule has 0 radical (unpaired) electrons. The van der Waals surface area contributed by atoms with Crippen LogP contribution in [0.15, 0.2) is 22.9 Å². The van der Waals surface area contributed by atoms with Crippen LogP contribution in [0.25, 0.3) is 0 Å². The van der Waals surface area contributed by atoms with Gasteiger partial charge >= 0.3 is 0 Å². The molecule has 1 aromatic heterocycles. The fraction of sp³-hybridized carbons (Fsp3) is 0.300. The van der Waals surface area contributed by atoms with E-state index < -0.39 is 11.4 Å². The highest BCUT2D eigenvalue weighted by atomic mass is 79.9. The van der Waals surface area contributed by atoms with E-state index in [1.54, 1.807) is 12.3 Å². The van der Waals surface area contributed by atoms with Gasteiger partial charge in [0.25, 0.3) is 5.91 Å². The maximum atomic E-state index is 11.8.